The molecule has 2 heterocycles. The Hall–Kier alpha value is -3.30. The number of nitrogens with two attached hydrogens (primary N) is 1. The molecular formula is C21H19N5O2S2. The molecule has 4 aromatic rings. The van der Waals surface area contributed by atoms with Crippen LogP contribution in [0.3, 0.4) is 0 Å². The molecule has 3 N–H and O–H groups in total. The largest absolute Gasteiger partial charge is 0.457 e. The molecule has 0 aliphatic heterocycles. The standard InChI is InChI=1S/C21H19N5O2S2/c1-26-10-9-23-21(26)30-13-14-12-29-20(24-14)25-19(27)17-11-16(7-8-18(17)22)28-15-5-3-2-4-6-15/h2-12H,13,22H2,1H3,(H,24,25,27). The Kier molecular flexibility index (Phi) is 6.01. The van der Waals surface area contributed by atoms with E-state index < -0.39 is 0 Å². The number of para-hydroxylation sites is 1. The average Bonchev–Trinajstić information content (AvgIpc) is 3.37. The predicted molar refractivity (Wildman–Crippen MR) is 120 cm³/mol. The number of carbonyl (C=O) groups is 1. The minimum absolute atomic E-state index is 0.330. The van der Waals surface area contributed by atoms with Gasteiger partial charge < -0.3 is 15.0 Å². The first-order chi connectivity index (χ1) is 14.6. The Balaban J connectivity index is 1.42. The zero-order valence-electron chi connectivity index (χ0n) is 16.1. The highest BCUT2D eigenvalue weighted by Crippen LogP contribution is 2.27. The minimum atomic E-state index is -0.330. The van der Waals surface area contributed by atoms with Gasteiger partial charge in [-0.1, -0.05) is 30.0 Å². The van der Waals surface area contributed by atoms with Crippen molar-refractivity contribution in [3.63, 3.8) is 0 Å². The van der Waals surface area contributed by atoms with Crippen LogP contribution in [0, 0.1) is 0 Å². The summed E-state index contributed by atoms with van der Waals surface area (Å²) in [4.78, 5) is 21.5. The van der Waals surface area contributed by atoms with E-state index in [2.05, 4.69) is 15.3 Å². The van der Waals surface area contributed by atoms with E-state index in [1.807, 2.05) is 53.5 Å². The Morgan fingerprint density at radius 1 is 1.23 bits per heavy atom. The van der Waals surface area contributed by atoms with Crippen LogP contribution in [-0.2, 0) is 12.8 Å². The number of nitrogens with one attached hydrogen (secondary N) is 1. The van der Waals surface area contributed by atoms with Gasteiger partial charge in [-0.3, -0.25) is 10.1 Å². The number of aryl methyl sites for hydroxylation is 1. The fourth-order valence-electron chi connectivity index (χ4n) is 2.64. The molecule has 0 atom stereocenters. The summed E-state index contributed by atoms with van der Waals surface area (Å²) in [6.07, 6.45) is 3.66. The second kappa shape index (κ2) is 9.02. The molecule has 0 aliphatic carbocycles. The van der Waals surface area contributed by atoms with Gasteiger partial charge >= 0.3 is 0 Å². The number of aromatic nitrogens is 3. The molecule has 0 bridgehead atoms. The molecule has 2 aromatic heterocycles. The van der Waals surface area contributed by atoms with Crippen LogP contribution in [0.1, 0.15) is 16.1 Å². The summed E-state index contributed by atoms with van der Waals surface area (Å²) >= 11 is 2.96. The first-order valence-electron chi connectivity index (χ1n) is 9.07. The number of thioether (sulfide) groups is 1. The summed E-state index contributed by atoms with van der Waals surface area (Å²) < 4.78 is 7.75. The number of carbonyl (C=O) groups excluding carboxylic acids is 1. The summed E-state index contributed by atoms with van der Waals surface area (Å²) in [5, 5.41) is 6.17. The normalized spacial score (nSPS) is 10.7. The number of hydrogen-bond acceptors (Lipinski definition) is 7. The number of imidazole rings is 1. The quantitative estimate of drug-likeness (QED) is 0.319. The van der Waals surface area contributed by atoms with Crippen molar-refractivity contribution in [3.05, 3.63) is 77.6 Å². The summed E-state index contributed by atoms with van der Waals surface area (Å²) in [6, 6.07) is 14.4. The lowest BCUT2D eigenvalue weighted by molar-refractivity contribution is 0.102. The van der Waals surface area contributed by atoms with Crippen LogP contribution in [-0.4, -0.2) is 20.4 Å². The fourth-order valence-corrected chi connectivity index (χ4v) is 4.28. The molecule has 0 unspecified atom stereocenters. The molecule has 1 amide bonds. The number of benzene rings is 2. The highest BCUT2D eigenvalue weighted by molar-refractivity contribution is 7.98. The highest BCUT2D eigenvalue weighted by atomic mass is 32.2. The second-order valence-electron chi connectivity index (χ2n) is 6.37. The van der Waals surface area contributed by atoms with Crippen molar-refractivity contribution in [1.82, 2.24) is 14.5 Å². The lowest BCUT2D eigenvalue weighted by Gasteiger charge is -2.09. The monoisotopic (exact) mass is 437 g/mol. The molecule has 0 saturated heterocycles. The smallest absolute Gasteiger partial charge is 0.259 e. The SMILES string of the molecule is Cn1ccnc1SCc1csc(NC(=O)c2cc(Oc3ccccc3)ccc2N)n1. The van der Waals surface area contributed by atoms with Crippen molar-refractivity contribution >= 4 is 39.8 Å². The second-order valence-corrected chi connectivity index (χ2v) is 8.17. The molecule has 9 heteroatoms. The van der Waals surface area contributed by atoms with Gasteiger partial charge in [-0.15, -0.1) is 11.3 Å². The number of anilines is 2. The van der Waals surface area contributed by atoms with Crippen molar-refractivity contribution in [3.8, 4) is 11.5 Å². The van der Waals surface area contributed by atoms with E-state index in [0.29, 0.717) is 33.6 Å². The number of amides is 1. The van der Waals surface area contributed by atoms with Gasteiger partial charge in [0, 0.05) is 36.3 Å². The van der Waals surface area contributed by atoms with Crippen molar-refractivity contribution in [2.24, 2.45) is 7.05 Å². The third-order valence-electron chi connectivity index (χ3n) is 4.15. The molecule has 0 aliphatic rings. The van der Waals surface area contributed by atoms with Gasteiger partial charge in [0.15, 0.2) is 10.3 Å². The minimum Gasteiger partial charge on any atom is -0.457 e. The predicted octanol–water partition coefficient (Wildman–Crippen LogP) is 4.80. The number of nitrogens with zero attached hydrogens (tertiary/aromatic N) is 3. The Bertz CT molecular complexity index is 1160. The topological polar surface area (TPSA) is 95.1 Å². The maximum absolute atomic E-state index is 12.7. The van der Waals surface area contributed by atoms with Crippen LogP contribution in [0.15, 0.2) is 71.5 Å². The van der Waals surface area contributed by atoms with E-state index in [0.717, 1.165) is 10.9 Å². The molecule has 0 spiro atoms. The third-order valence-corrected chi connectivity index (χ3v) is 6.04. The van der Waals surface area contributed by atoms with E-state index in [-0.39, 0.29) is 5.91 Å². The van der Waals surface area contributed by atoms with Crippen LogP contribution in [0.5, 0.6) is 11.5 Å². The molecule has 30 heavy (non-hydrogen) atoms. The maximum atomic E-state index is 12.7. The number of nitrogen functional groups attached to an aromatic ring is 1. The summed E-state index contributed by atoms with van der Waals surface area (Å²) in [7, 11) is 1.95. The number of rotatable bonds is 7. The van der Waals surface area contributed by atoms with Crippen molar-refractivity contribution in [2.45, 2.75) is 10.9 Å². The Morgan fingerprint density at radius 2 is 2.07 bits per heavy atom. The van der Waals surface area contributed by atoms with Gasteiger partial charge in [-0.2, -0.15) is 0 Å². The Labute approximate surface area is 181 Å². The molecule has 0 radical (unpaired) electrons. The van der Waals surface area contributed by atoms with Crippen LogP contribution in [0.2, 0.25) is 0 Å². The van der Waals surface area contributed by atoms with Gasteiger partial charge in [-0.25, -0.2) is 9.97 Å². The van der Waals surface area contributed by atoms with Crippen LogP contribution in [0.4, 0.5) is 10.8 Å². The van der Waals surface area contributed by atoms with Crippen molar-refractivity contribution in [1.29, 1.82) is 0 Å². The summed E-state index contributed by atoms with van der Waals surface area (Å²) in [5.74, 6) is 1.55. The van der Waals surface area contributed by atoms with Gasteiger partial charge in [0.2, 0.25) is 0 Å². The molecular weight excluding hydrogens is 418 g/mol. The van der Waals surface area contributed by atoms with Gasteiger partial charge in [0.1, 0.15) is 11.5 Å². The van der Waals surface area contributed by atoms with Gasteiger partial charge in [0.05, 0.1) is 11.3 Å². The maximum Gasteiger partial charge on any atom is 0.259 e. The molecule has 2 aromatic carbocycles. The third kappa shape index (κ3) is 4.81. The number of hydrogen-bond donors (Lipinski definition) is 2. The van der Waals surface area contributed by atoms with Gasteiger partial charge in [0.25, 0.3) is 5.91 Å². The number of thiazole rings is 1. The van der Waals surface area contributed by atoms with E-state index >= 15 is 0 Å². The molecule has 0 fully saturated rings. The van der Waals surface area contributed by atoms with Crippen molar-refractivity contribution < 1.29 is 9.53 Å². The fraction of sp³-hybridized carbons (Fsp3) is 0.0952. The van der Waals surface area contributed by atoms with Crippen LogP contribution < -0.4 is 15.8 Å². The lowest BCUT2D eigenvalue weighted by atomic mass is 10.1. The Morgan fingerprint density at radius 3 is 2.83 bits per heavy atom. The summed E-state index contributed by atoms with van der Waals surface area (Å²) in [5.41, 5.74) is 7.59. The van der Waals surface area contributed by atoms with E-state index in [4.69, 9.17) is 10.5 Å². The zero-order chi connectivity index (χ0) is 20.9. The van der Waals surface area contributed by atoms with Crippen LogP contribution >= 0.6 is 23.1 Å². The van der Waals surface area contributed by atoms with E-state index in [9.17, 15) is 4.79 Å². The highest BCUT2D eigenvalue weighted by Gasteiger charge is 2.14. The zero-order valence-corrected chi connectivity index (χ0v) is 17.7. The first-order valence-corrected chi connectivity index (χ1v) is 10.9. The van der Waals surface area contributed by atoms with Crippen LogP contribution in [0.25, 0.3) is 0 Å². The molecule has 7 nitrogen and oxygen atoms in total. The molecule has 152 valence electrons. The average molecular weight is 438 g/mol. The lowest BCUT2D eigenvalue weighted by Crippen LogP contribution is -2.14. The van der Waals surface area contributed by atoms with Crippen molar-refractivity contribution in [2.75, 3.05) is 11.1 Å². The van der Waals surface area contributed by atoms with Gasteiger partial charge in [-0.05, 0) is 30.3 Å². The summed E-state index contributed by atoms with van der Waals surface area (Å²) in [6.45, 7) is 0. The number of ether oxygens (including phenoxy) is 1. The van der Waals surface area contributed by atoms with E-state index in [1.165, 1.54) is 11.3 Å². The molecule has 4 rings (SSSR count). The first kappa shape index (κ1) is 20.0. The van der Waals surface area contributed by atoms with E-state index in [1.54, 1.807) is 36.2 Å². The molecule has 0 saturated carbocycles.